The summed E-state index contributed by atoms with van der Waals surface area (Å²) in [7, 11) is 0. The minimum Gasteiger partial charge on any atom is -0.375 e. The first kappa shape index (κ1) is 16.1. The Balaban J connectivity index is 1.44. The van der Waals surface area contributed by atoms with Crippen LogP contribution in [-0.2, 0) is 14.9 Å². The van der Waals surface area contributed by atoms with Crippen LogP contribution in [0.2, 0.25) is 0 Å². The summed E-state index contributed by atoms with van der Waals surface area (Å²) in [6.07, 6.45) is 9.44. The fourth-order valence-electron chi connectivity index (χ4n) is 4.58. The summed E-state index contributed by atoms with van der Waals surface area (Å²) >= 11 is 0. The second-order valence-electron chi connectivity index (χ2n) is 7.85. The molecule has 1 saturated heterocycles. The van der Waals surface area contributed by atoms with E-state index in [-0.39, 0.29) is 23.4 Å². The van der Waals surface area contributed by atoms with Gasteiger partial charge in [-0.2, -0.15) is 0 Å². The van der Waals surface area contributed by atoms with E-state index in [1.54, 1.807) is 6.07 Å². The summed E-state index contributed by atoms with van der Waals surface area (Å²) < 4.78 is 19.7. The smallest absolute Gasteiger partial charge is 0.230 e. The maximum atomic E-state index is 13.5. The third-order valence-electron chi connectivity index (χ3n) is 6.15. The predicted molar refractivity (Wildman–Crippen MR) is 90.2 cm³/mol. The SMILES string of the molecule is O=C(NC1CCOC2(CCCCC2)C1)C1(c2cccc(F)c2)CC1. The summed E-state index contributed by atoms with van der Waals surface area (Å²) in [6, 6.07) is 6.71. The van der Waals surface area contributed by atoms with Gasteiger partial charge in [0, 0.05) is 12.6 Å². The molecule has 130 valence electrons. The zero-order valence-corrected chi connectivity index (χ0v) is 14.2. The molecule has 3 fully saturated rings. The zero-order chi connectivity index (χ0) is 16.6. The first-order valence-corrected chi connectivity index (χ1v) is 9.33. The van der Waals surface area contributed by atoms with Gasteiger partial charge in [-0.05, 0) is 56.2 Å². The third-order valence-corrected chi connectivity index (χ3v) is 6.15. The van der Waals surface area contributed by atoms with E-state index in [4.69, 9.17) is 4.74 Å². The lowest BCUT2D eigenvalue weighted by Gasteiger charge is -2.44. The molecule has 3 aliphatic rings. The lowest BCUT2D eigenvalue weighted by Crippen LogP contribution is -2.51. The van der Waals surface area contributed by atoms with Crippen molar-refractivity contribution >= 4 is 5.91 Å². The predicted octanol–water partition coefficient (Wildman–Crippen LogP) is 3.86. The van der Waals surface area contributed by atoms with Crippen LogP contribution < -0.4 is 5.32 Å². The average Bonchev–Trinajstić information content (AvgIpc) is 3.37. The number of carbonyl (C=O) groups is 1. The highest BCUT2D eigenvalue weighted by Crippen LogP contribution is 2.49. The molecule has 0 bridgehead atoms. The second-order valence-corrected chi connectivity index (χ2v) is 7.85. The number of rotatable bonds is 3. The number of hydrogen-bond donors (Lipinski definition) is 1. The van der Waals surface area contributed by atoms with Gasteiger partial charge >= 0.3 is 0 Å². The molecule has 1 N–H and O–H groups in total. The van der Waals surface area contributed by atoms with E-state index in [9.17, 15) is 9.18 Å². The number of amides is 1. The summed E-state index contributed by atoms with van der Waals surface area (Å²) in [4.78, 5) is 12.9. The van der Waals surface area contributed by atoms with Gasteiger partial charge in [-0.15, -0.1) is 0 Å². The summed E-state index contributed by atoms with van der Waals surface area (Å²) in [5.41, 5.74) is 0.309. The van der Waals surface area contributed by atoms with Crippen LogP contribution in [-0.4, -0.2) is 24.2 Å². The highest BCUT2D eigenvalue weighted by atomic mass is 19.1. The Morgan fingerprint density at radius 1 is 1.17 bits per heavy atom. The molecule has 1 atom stereocenters. The van der Waals surface area contributed by atoms with Crippen LogP contribution in [0.25, 0.3) is 0 Å². The molecule has 1 heterocycles. The minimum atomic E-state index is -0.500. The van der Waals surface area contributed by atoms with Gasteiger partial charge in [0.15, 0.2) is 0 Å². The lowest BCUT2D eigenvalue weighted by molar-refractivity contribution is -0.130. The molecule has 0 radical (unpaired) electrons. The highest BCUT2D eigenvalue weighted by Gasteiger charge is 2.52. The van der Waals surface area contributed by atoms with E-state index >= 15 is 0 Å². The minimum absolute atomic E-state index is 0.00990. The maximum Gasteiger partial charge on any atom is 0.230 e. The molecule has 1 aliphatic heterocycles. The Kier molecular flexibility index (Phi) is 4.11. The second kappa shape index (κ2) is 6.14. The van der Waals surface area contributed by atoms with Crippen molar-refractivity contribution in [3.8, 4) is 0 Å². The number of halogens is 1. The van der Waals surface area contributed by atoms with Crippen molar-refractivity contribution in [1.29, 1.82) is 0 Å². The third kappa shape index (κ3) is 2.97. The molecule has 3 nitrogen and oxygen atoms in total. The summed E-state index contributed by atoms with van der Waals surface area (Å²) in [5, 5.41) is 3.27. The Hall–Kier alpha value is -1.42. The first-order valence-electron chi connectivity index (χ1n) is 9.33. The van der Waals surface area contributed by atoms with Gasteiger partial charge < -0.3 is 10.1 Å². The number of hydrogen-bond acceptors (Lipinski definition) is 2. The van der Waals surface area contributed by atoms with Gasteiger partial charge in [0.25, 0.3) is 0 Å². The van der Waals surface area contributed by atoms with Gasteiger partial charge in [0.2, 0.25) is 5.91 Å². The van der Waals surface area contributed by atoms with E-state index in [1.165, 1.54) is 31.4 Å². The van der Waals surface area contributed by atoms with Crippen LogP contribution in [0.15, 0.2) is 24.3 Å². The summed E-state index contributed by atoms with van der Waals surface area (Å²) in [6.45, 7) is 0.734. The average molecular weight is 331 g/mol. The fourth-order valence-corrected chi connectivity index (χ4v) is 4.58. The van der Waals surface area contributed by atoms with Crippen molar-refractivity contribution in [3.05, 3.63) is 35.6 Å². The van der Waals surface area contributed by atoms with Crippen molar-refractivity contribution in [1.82, 2.24) is 5.32 Å². The summed E-state index contributed by atoms with van der Waals surface area (Å²) in [5.74, 6) is -0.190. The molecule has 1 spiro atoms. The van der Waals surface area contributed by atoms with Crippen molar-refractivity contribution in [2.75, 3.05) is 6.61 Å². The van der Waals surface area contributed by atoms with E-state index in [1.807, 2.05) is 6.07 Å². The normalized spacial score (nSPS) is 27.6. The molecular formula is C20H26FNO2. The van der Waals surface area contributed by atoms with E-state index in [0.717, 1.165) is 50.7 Å². The van der Waals surface area contributed by atoms with Crippen LogP contribution in [0.5, 0.6) is 0 Å². The molecule has 0 aromatic heterocycles. The molecule has 1 amide bonds. The number of ether oxygens (including phenoxy) is 1. The molecule has 1 aromatic rings. The lowest BCUT2D eigenvalue weighted by atomic mass is 9.78. The quantitative estimate of drug-likeness (QED) is 0.913. The van der Waals surface area contributed by atoms with E-state index in [0.29, 0.717) is 0 Å². The maximum absolute atomic E-state index is 13.5. The topological polar surface area (TPSA) is 38.3 Å². The van der Waals surface area contributed by atoms with Crippen LogP contribution in [0.4, 0.5) is 4.39 Å². The fraction of sp³-hybridized carbons (Fsp3) is 0.650. The standard InChI is InChI=1S/C20H26FNO2/c21-16-6-4-5-15(13-16)20(10-11-20)18(23)22-17-7-12-24-19(14-17)8-2-1-3-9-19/h4-6,13,17H,1-3,7-12,14H2,(H,22,23). The van der Waals surface area contributed by atoms with Crippen molar-refractivity contribution in [2.24, 2.45) is 0 Å². The Morgan fingerprint density at radius 3 is 2.67 bits per heavy atom. The van der Waals surface area contributed by atoms with Crippen molar-refractivity contribution < 1.29 is 13.9 Å². The van der Waals surface area contributed by atoms with Gasteiger partial charge in [-0.25, -0.2) is 4.39 Å². The Morgan fingerprint density at radius 2 is 1.96 bits per heavy atom. The van der Waals surface area contributed by atoms with Crippen LogP contribution in [0.1, 0.15) is 63.4 Å². The molecule has 1 unspecified atom stereocenters. The van der Waals surface area contributed by atoms with Crippen LogP contribution in [0.3, 0.4) is 0 Å². The van der Waals surface area contributed by atoms with E-state index in [2.05, 4.69) is 5.32 Å². The Bertz CT molecular complexity index is 614. The van der Waals surface area contributed by atoms with Crippen LogP contribution >= 0.6 is 0 Å². The van der Waals surface area contributed by atoms with Gasteiger partial charge in [-0.3, -0.25) is 4.79 Å². The molecule has 24 heavy (non-hydrogen) atoms. The van der Waals surface area contributed by atoms with Gasteiger partial charge in [-0.1, -0.05) is 31.4 Å². The largest absolute Gasteiger partial charge is 0.375 e. The van der Waals surface area contributed by atoms with Crippen molar-refractivity contribution in [2.45, 2.75) is 74.8 Å². The van der Waals surface area contributed by atoms with E-state index < -0.39 is 5.41 Å². The van der Waals surface area contributed by atoms with Gasteiger partial charge in [0.05, 0.1) is 11.0 Å². The number of carbonyl (C=O) groups excluding carboxylic acids is 1. The zero-order valence-electron chi connectivity index (χ0n) is 14.2. The molecule has 1 aromatic carbocycles. The van der Waals surface area contributed by atoms with Crippen molar-refractivity contribution in [3.63, 3.8) is 0 Å². The molecule has 2 saturated carbocycles. The molecule has 4 heteroatoms. The number of nitrogens with one attached hydrogen (secondary N) is 1. The number of benzene rings is 1. The monoisotopic (exact) mass is 331 g/mol. The first-order chi connectivity index (χ1) is 11.6. The molecule has 4 rings (SSSR count). The van der Waals surface area contributed by atoms with Gasteiger partial charge in [0.1, 0.15) is 5.82 Å². The molecular weight excluding hydrogens is 305 g/mol. The van der Waals surface area contributed by atoms with Crippen LogP contribution in [0, 0.1) is 5.82 Å². The Labute approximate surface area is 143 Å². The highest BCUT2D eigenvalue weighted by molar-refractivity contribution is 5.91. The molecule has 2 aliphatic carbocycles.